The Morgan fingerprint density at radius 2 is 2.10 bits per heavy atom. The number of nitrogens with two attached hydrogens (primary N) is 1. The number of hydrogen-bond donors (Lipinski definition) is 3. The molecule has 0 saturated heterocycles. The van der Waals surface area contributed by atoms with Gasteiger partial charge in [0.15, 0.2) is 5.16 Å². The summed E-state index contributed by atoms with van der Waals surface area (Å²) >= 11 is 1.42. The lowest BCUT2D eigenvalue weighted by Crippen LogP contribution is -2.31. The number of aromatic nitrogens is 2. The molecule has 1 heterocycles. The van der Waals surface area contributed by atoms with Gasteiger partial charge in [0, 0.05) is 17.5 Å². The molecule has 1 aromatic carbocycles. The monoisotopic (exact) mass is 304 g/mol. The predicted octanol–water partition coefficient (Wildman–Crippen LogP) is 0.903. The highest BCUT2D eigenvalue weighted by Gasteiger charge is 2.08. The van der Waals surface area contributed by atoms with Crippen molar-refractivity contribution in [2.45, 2.75) is 24.3 Å². The second kappa shape index (κ2) is 7.05. The Hall–Kier alpha value is -2.12. The summed E-state index contributed by atoms with van der Waals surface area (Å²) in [5.74, 6) is 5.48. The topological polar surface area (TPSA) is 101 Å². The van der Waals surface area contributed by atoms with Crippen molar-refractivity contribution in [2.75, 3.05) is 0 Å². The molecule has 0 radical (unpaired) electrons. The number of nitrogens with one attached hydrogen (secondary N) is 2. The van der Waals surface area contributed by atoms with E-state index in [1.807, 2.05) is 24.3 Å². The number of carbonyl (C=O) groups excluding carboxylic acids is 1. The first kappa shape index (κ1) is 15.3. The Morgan fingerprint density at radius 1 is 1.38 bits per heavy atom. The zero-order valence-corrected chi connectivity index (χ0v) is 12.4. The summed E-state index contributed by atoms with van der Waals surface area (Å²) in [5, 5.41) is 0.568. The zero-order valence-electron chi connectivity index (χ0n) is 11.6. The third-order valence-corrected chi connectivity index (χ3v) is 3.76. The van der Waals surface area contributed by atoms with Crippen molar-refractivity contribution in [3.63, 3.8) is 0 Å². The summed E-state index contributed by atoms with van der Waals surface area (Å²) in [5.41, 5.74) is 4.55. The van der Waals surface area contributed by atoms with E-state index in [1.54, 1.807) is 6.92 Å². The highest BCUT2D eigenvalue weighted by Crippen LogP contribution is 2.21. The fourth-order valence-electron chi connectivity index (χ4n) is 1.86. The molecule has 0 aliphatic rings. The van der Waals surface area contributed by atoms with Gasteiger partial charge in [0.2, 0.25) is 5.91 Å². The van der Waals surface area contributed by atoms with Crippen LogP contribution < -0.4 is 16.8 Å². The van der Waals surface area contributed by atoms with Crippen LogP contribution in [0.4, 0.5) is 0 Å². The molecule has 0 bridgehead atoms. The standard InChI is InChI=1S/C14H16N4O2S/c1-9-6-12(19)17-14(16-9)21-8-11-5-3-2-4-10(11)7-13(20)18-15/h2-6H,7-8,15H2,1H3,(H,18,20)(H,16,17,19). The first-order chi connectivity index (χ1) is 10.1. The highest BCUT2D eigenvalue weighted by atomic mass is 32.2. The predicted molar refractivity (Wildman–Crippen MR) is 81.6 cm³/mol. The molecule has 0 aliphatic heterocycles. The number of thioether (sulfide) groups is 1. The van der Waals surface area contributed by atoms with Crippen LogP contribution in [0.2, 0.25) is 0 Å². The Labute approximate surface area is 126 Å². The summed E-state index contributed by atoms with van der Waals surface area (Å²) in [6.07, 6.45) is 0.227. The molecular weight excluding hydrogens is 288 g/mol. The summed E-state index contributed by atoms with van der Waals surface area (Å²) in [6, 6.07) is 9.06. The first-order valence-electron chi connectivity index (χ1n) is 6.35. The Bertz CT molecular complexity index is 699. The van der Waals surface area contributed by atoms with Crippen molar-refractivity contribution in [3.8, 4) is 0 Å². The lowest BCUT2D eigenvalue weighted by Gasteiger charge is -2.08. The number of aryl methyl sites for hydroxylation is 1. The molecule has 4 N–H and O–H groups in total. The quantitative estimate of drug-likeness (QED) is 0.250. The molecule has 1 amide bonds. The number of aromatic amines is 1. The van der Waals surface area contributed by atoms with E-state index in [9.17, 15) is 9.59 Å². The van der Waals surface area contributed by atoms with E-state index >= 15 is 0 Å². The minimum absolute atomic E-state index is 0.166. The Morgan fingerprint density at radius 3 is 2.76 bits per heavy atom. The molecular formula is C14H16N4O2S. The van der Waals surface area contributed by atoms with E-state index in [-0.39, 0.29) is 17.9 Å². The molecule has 7 heteroatoms. The first-order valence-corrected chi connectivity index (χ1v) is 7.34. The van der Waals surface area contributed by atoms with Gasteiger partial charge in [-0.05, 0) is 18.1 Å². The van der Waals surface area contributed by atoms with Crippen molar-refractivity contribution < 1.29 is 4.79 Å². The van der Waals surface area contributed by atoms with Crippen molar-refractivity contribution in [3.05, 3.63) is 57.5 Å². The van der Waals surface area contributed by atoms with Crippen molar-refractivity contribution >= 4 is 17.7 Å². The van der Waals surface area contributed by atoms with Crippen LogP contribution in [0.1, 0.15) is 16.8 Å². The molecule has 6 nitrogen and oxygen atoms in total. The van der Waals surface area contributed by atoms with E-state index in [4.69, 9.17) is 5.84 Å². The number of nitrogens with zero attached hydrogens (tertiary/aromatic N) is 1. The Balaban J connectivity index is 2.12. The van der Waals surface area contributed by atoms with Crippen molar-refractivity contribution in [1.29, 1.82) is 0 Å². The number of H-pyrrole nitrogens is 1. The Kier molecular flexibility index (Phi) is 5.13. The van der Waals surface area contributed by atoms with Crippen molar-refractivity contribution in [1.82, 2.24) is 15.4 Å². The van der Waals surface area contributed by atoms with Crippen LogP contribution >= 0.6 is 11.8 Å². The van der Waals surface area contributed by atoms with E-state index in [0.717, 1.165) is 11.1 Å². The smallest absolute Gasteiger partial charge is 0.251 e. The van der Waals surface area contributed by atoms with E-state index in [2.05, 4.69) is 15.4 Å². The number of benzene rings is 1. The molecule has 0 aliphatic carbocycles. The molecule has 2 rings (SSSR count). The molecule has 0 fully saturated rings. The van der Waals surface area contributed by atoms with Crippen LogP contribution in [-0.2, 0) is 17.0 Å². The van der Waals surface area contributed by atoms with Gasteiger partial charge in [-0.2, -0.15) is 0 Å². The lowest BCUT2D eigenvalue weighted by molar-refractivity contribution is -0.120. The maximum atomic E-state index is 11.4. The molecule has 0 atom stereocenters. The third-order valence-electron chi connectivity index (χ3n) is 2.84. The number of hydrazine groups is 1. The molecule has 0 spiro atoms. The fraction of sp³-hybridized carbons (Fsp3) is 0.214. The largest absolute Gasteiger partial charge is 0.301 e. The maximum Gasteiger partial charge on any atom is 0.251 e. The van der Waals surface area contributed by atoms with Gasteiger partial charge in [-0.15, -0.1) is 0 Å². The van der Waals surface area contributed by atoms with Crippen LogP contribution in [-0.4, -0.2) is 15.9 Å². The van der Waals surface area contributed by atoms with Gasteiger partial charge in [-0.3, -0.25) is 15.0 Å². The van der Waals surface area contributed by atoms with Crippen LogP contribution in [0.25, 0.3) is 0 Å². The second-order valence-corrected chi connectivity index (χ2v) is 5.46. The minimum atomic E-state index is -0.241. The third kappa shape index (κ3) is 4.44. The van der Waals surface area contributed by atoms with Gasteiger partial charge < -0.3 is 4.98 Å². The fourth-order valence-corrected chi connectivity index (χ4v) is 2.82. The average Bonchev–Trinajstić information content (AvgIpc) is 2.45. The number of carbonyl (C=O) groups is 1. The van der Waals surface area contributed by atoms with E-state index in [0.29, 0.717) is 16.6 Å². The minimum Gasteiger partial charge on any atom is -0.301 e. The summed E-state index contributed by atoms with van der Waals surface area (Å²) in [6.45, 7) is 1.78. The second-order valence-electron chi connectivity index (χ2n) is 4.49. The maximum absolute atomic E-state index is 11.4. The molecule has 1 aromatic heterocycles. The number of hydrogen-bond acceptors (Lipinski definition) is 5. The highest BCUT2D eigenvalue weighted by molar-refractivity contribution is 7.98. The van der Waals surface area contributed by atoms with Crippen molar-refractivity contribution in [2.24, 2.45) is 5.84 Å². The number of amides is 1. The molecule has 110 valence electrons. The summed E-state index contributed by atoms with van der Waals surface area (Å²) < 4.78 is 0. The normalized spacial score (nSPS) is 10.4. The van der Waals surface area contributed by atoms with Gasteiger partial charge in [-0.1, -0.05) is 36.0 Å². The molecule has 2 aromatic rings. The van der Waals surface area contributed by atoms with Gasteiger partial charge in [-0.25, -0.2) is 10.8 Å². The molecule has 0 saturated carbocycles. The van der Waals surface area contributed by atoms with Crippen LogP contribution in [0, 0.1) is 6.92 Å². The number of rotatable bonds is 5. The van der Waals surface area contributed by atoms with E-state index < -0.39 is 0 Å². The van der Waals surface area contributed by atoms with Crippen LogP contribution in [0.15, 0.2) is 40.3 Å². The van der Waals surface area contributed by atoms with Gasteiger partial charge in [0.05, 0.1) is 6.42 Å². The molecule has 0 unspecified atom stereocenters. The average molecular weight is 304 g/mol. The summed E-state index contributed by atoms with van der Waals surface area (Å²) in [7, 11) is 0. The van der Waals surface area contributed by atoms with Gasteiger partial charge in [0.1, 0.15) is 0 Å². The SMILES string of the molecule is Cc1cc(=O)[nH]c(SCc2ccccc2CC(=O)NN)n1. The van der Waals surface area contributed by atoms with Gasteiger partial charge >= 0.3 is 0 Å². The van der Waals surface area contributed by atoms with E-state index in [1.165, 1.54) is 17.8 Å². The summed E-state index contributed by atoms with van der Waals surface area (Å²) in [4.78, 5) is 29.7. The van der Waals surface area contributed by atoms with Gasteiger partial charge in [0.25, 0.3) is 5.56 Å². The lowest BCUT2D eigenvalue weighted by atomic mass is 10.1. The van der Waals surface area contributed by atoms with Crippen LogP contribution in [0.3, 0.4) is 0 Å². The molecule has 21 heavy (non-hydrogen) atoms. The zero-order chi connectivity index (χ0) is 15.2. The van der Waals surface area contributed by atoms with Crippen LogP contribution in [0.5, 0.6) is 0 Å².